The number of benzene rings is 2. The Morgan fingerprint density at radius 2 is 1.64 bits per heavy atom. The van der Waals surface area contributed by atoms with Crippen molar-refractivity contribution in [1.82, 2.24) is 20.0 Å². The molecule has 2 bridgehead atoms. The van der Waals surface area contributed by atoms with Crippen LogP contribution in [0.1, 0.15) is 66.7 Å². The maximum Gasteiger partial charge on any atom is 0.410 e. The summed E-state index contributed by atoms with van der Waals surface area (Å²) in [4.78, 5) is 45.3. The second-order valence-electron chi connectivity index (χ2n) is 12.9. The van der Waals surface area contributed by atoms with E-state index in [1.165, 1.54) is 0 Å². The van der Waals surface area contributed by atoms with Crippen LogP contribution in [0, 0.1) is 19.8 Å². The van der Waals surface area contributed by atoms with Crippen LogP contribution in [-0.2, 0) is 9.53 Å². The molecule has 0 spiro atoms. The minimum Gasteiger partial charge on any atom is -0.444 e. The maximum absolute atomic E-state index is 13.7. The first-order valence-corrected chi connectivity index (χ1v) is 15.4. The molecule has 3 amide bonds. The van der Waals surface area contributed by atoms with Gasteiger partial charge in [-0.25, -0.2) is 4.79 Å². The summed E-state index contributed by atoms with van der Waals surface area (Å²) in [5.41, 5.74) is 3.03. The van der Waals surface area contributed by atoms with E-state index in [2.05, 4.69) is 5.32 Å². The molecule has 42 heavy (non-hydrogen) atoms. The molecule has 10 heteroatoms. The van der Waals surface area contributed by atoms with E-state index in [4.69, 9.17) is 27.9 Å². The number of rotatable bonds is 5. The molecule has 1 N–H and O–H groups in total. The van der Waals surface area contributed by atoms with E-state index in [9.17, 15) is 14.4 Å². The number of aryl methyl sites for hydroxylation is 2. The molecule has 226 valence electrons. The van der Waals surface area contributed by atoms with Crippen molar-refractivity contribution in [3.8, 4) is 0 Å². The summed E-state index contributed by atoms with van der Waals surface area (Å²) in [7, 11) is 0. The van der Waals surface area contributed by atoms with Crippen molar-refractivity contribution in [2.75, 3.05) is 32.7 Å². The summed E-state index contributed by atoms with van der Waals surface area (Å²) in [6.45, 7) is 11.6. The predicted molar refractivity (Wildman–Crippen MR) is 164 cm³/mol. The van der Waals surface area contributed by atoms with Crippen LogP contribution < -0.4 is 5.32 Å². The third kappa shape index (κ3) is 6.71. The van der Waals surface area contributed by atoms with Crippen molar-refractivity contribution in [3.63, 3.8) is 0 Å². The Morgan fingerprint density at radius 1 is 0.929 bits per heavy atom. The molecule has 4 unspecified atom stereocenters. The van der Waals surface area contributed by atoms with E-state index in [-0.39, 0.29) is 48.5 Å². The largest absolute Gasteiger partial charge is 0.444 e. The SMILES string of the molecule is Cc1cc(C)cc(C(=O)N2CCN(C(=O)CNC3CC4CC3CN4C(=O)OC(C)(C)C)C(c3ccc(Cl)c(Cl)c3)C2)c1. The van der Waals surface area contributed by atoms with Crippen LogP contribution in [-0.4, -0.2) is 83.0 Å². The molecule has 2 aromatic carbocycles. The van der Waals surface area contributed by atoms with Gasteiger partial charge in [-0.05, 0) is 83.2 Å². The normalized spacial score (nSPS) is 23.8. The third-order valence-corrected chi connectivity index (χ3v) is 9.21. The van der Waals surface area contributed by atoms with E-state index >= 15 is 0 Å². The van der Waals surface area contributed by atoms with Crippen molar-refractivity contribution in [2.24, 2.45) is 5.92 Å². The van der Waals surface area contributed by atoms with Crippen molar-refractivity contribution in [2.45, 2.75) is 71.2 Å². The molecule has 3 aliphatic rings. The number of nitrogens with one attached hydrogen (secondary N) is 1. The number of hydrogen-bond acceptors (Lipinski definition) is 5. The van der Waals surface area contributed by atoms with Crippen LogP contribution in [0.25, 0.3) is 0 Å². The number of carbonyl (C=O) groups is 3. The average Bonchev–Trinajstić information content (AvgIpc) is 3.52. The van der Waals surface area contributed by atoms with Gasteiger partial charge in [0, 0.05) is 43.8 Å². The zero-order valence-electron chi connectivity index (χ0n) is 25.0. The first-order valence-electron chi connectivity index (χ1n) is 14.6. The molecule has 5 rings (SSSR count). The molecule has 2 aromatic rings. The number of carbonyl (C=O) groups excluding carboxylic acids is 3. The molecule has 8 nitrogen and oxygen atoms in total. The Morgan fingerprint density at radius 3 is 2.26 bits per heavy atom. The number of halogens is 2. The Balaban J connectivity index is 1.26. The first-order chi connectivity index (χ1) is 19.8. The fourth-order valence-electron chi connectivity index (χ4n) is 6.62. The zero-order chi connectivity index (χ0) is 30.3. The van der Waals surface area contributed by atoms with Crippen LogP contribution in [0.3, 0.4) is 0 Å². The lowest BCUT2D eigenvalue weighted by Crippen LogP contribution is -2.55. The summed E-state index contributed by atoms with van der Waals surface area (Å²) < 4.78 is 5.58. The predicted octanol–water partition coefficient (Wildman–Crippen LogP) is 5.62. The van der Waals surface area contributed by atoms with E-state index in [1.54, 1.807) is 12.1 Å². The number of amides is 3. The van der Waals surface area contributed by atoms with Crippen LogP contribution >= 0.6 is 23.2 Å². The number of fused-ring (bicyclic) bond motifs is 2. The monoisotopic (exact) mass is 614 g/mol. The first kappa shape index (κ1) is 30.6. The molecule has 1 aliphatic carbocycles. The van der Waals surface area contributed by atoms with Gasteiger partial charge in [-0.1, -0.05) is 46.5 Å². The highest BCUT2D eigenvalue weighted by Crippen LogP contribution is 2.39. The van der Waals surface area contributed by atoms with Crippen LogP contribution in [0.5, 0.6) is 0 Å². The highest BCUT2D eigenvalue weighted by molar-refractivity contribution is 6.42. The number of likely N-dealkylation sites (tertiary alicyclic amines) is 1. The van der Waals surface area contributed by atoms with Gasteiger partial charge in [0.25, 0.3) is 5.91 Å². The summed E-state index contributed by atoms with van der Waals surface area (Å²) >= 11 is 12.6. The van der Waals surface area contributed by atoms with E-state index in [0.29, 0.717) is 41.8 Å². The average molecular weight is 616 g/mol. The van der Waals surface area contributed by atoms with Crippen molar-refractivity contribution < 1.29 is 19.1 Å². The van der Waals surface area contributed by atoms with Crippen molar-refractivity contribution in [1.29, 1.82) is 0 Å². The fraction of sp³-hybridized carbons (Fsp3) is 0.531. The van der Waals surface area contributed by atoms with Gasteiger partial charge in [-0.3, -0.25) is 9.59 Å². The van der Waals surface area contributed by atoms with Crippen molar-refractivity contribution >= 4 is 41.1 Å². The highest BCUT2D eigenvalue weighted by atomic mass is 35.5. The maximum atomic E-state index is 13.7. The molecule has 2 saturated heterocycles. The van der Waals surface area contributed by atoms with Gasteiger partial charge in [0.2, 0.25) is 5.91 Å². The molecule has 4 atom stereocenters. The molecule has 1 saturated carbocycles. The number of ether oxygens (including phenoxy) is 1. The Kier molecular flexibility index (Phi) is 8.80. The third-order valence-electron chi connectivity index (χ3n) is 8.47. The lowest BCUT2D eigenvalue weighted by atomic mass is 10.00. The second kappa shape index (κ2) is 12.1. The number of hydrogen-bond donors (Lipinski definition) is 1. The quantitative estimate of drug-likeness (QED) is 0.472. The van der Waals surface area contributed by atoms with Gasteiger partial charge in [0.15, 0.2) is 0 Å². The minimum absolute atomic E-state index is 0.0312. The summed E-state index contributed by atoms with van der Waals surface area (Å²) in [6, 6.07) is 11.2. The number of nitrogens with zero attached hydrogens (tertiary/aromatic N) is 3. The van der Waals surface area contributed by atoms with Gasteiger partial charge in [-0.15, -0.1) is 0 Å². The van der Waals surface area contributed by atoms with Crippen LogP contribution in [0.4, 0.5) is 4.79 Å². The van der Waals surface area contributed by atoms with Crippen LogP contribution in [0.15, 0.2) is 36.4 Å². The van der Waals surface area contributed by atoms with Gasteiger partial charge >= 0.3 is 6.09 Å². The topological polar surface area (TPSA) is 82.2 Å². The van der Waals surface area contributed by atoms with Crippen molar-refractivity contribution in [3.05, 3.63) is 68.7 Å². The Labute approximate surface area is 258 Å². The molecule has 2 aliphatic heterocycles. The lowest BCUT2D eigenvalue weighted by Gasteiger charge is -2.42. The van der Waals surface area contributed by atoms with Gasteiger partial charge in [0.05, 0.1) is 22.6 Å². The summed E-state index contributed by atoms with van der Waals surface area (Å²) in [6.07, 6.45) is 1.45. The van der Waals surface area contributed by atoms with E-state index in [0.717, 1.165) is 29.5 Å². The molecule has 0 radical (unpaired) electrons. The standard InChI is InChI=1S/C32H40Cl2N4O4/c1-19-10-20(2)12-22(11-19)30(40)36-8-9-37(28(18-36)21-6-7-25(33)26(34)14-21)29(39)16-35-27-15-24-13-23(27)17-38(24)31(41)42-32(3,4)5/h6-7,10-12,14,23-24,27-28,35H,8-9,13,15-18H2,1-5H3. The molecule has 2 heterocycles. The number of piperidine rings is 1. The Bertz CT molecular complexity index is 1360. The summed E-state index contributed by atoms with van der Waals surface area (Å²) in [5, 5.41) is 4.34. The van der Waals surface area contributed by atoms with Crippen LogP contribution in [0.2, 0.25) is 10.0 Å². The molecule has 0 aromatic heterocycles. The minimum atomic E-state index is -0.526. The molecular weight excluding hydrogens is 575 g/mol. The highest BCUT2D eigenvalue weighted by Gasteiger charge is 2.47. The second-order valence-corrected chi connectivity index (χ2v) is 13.7. The smallest absolute Gasteiger partial charge is 0.410 e. The summed E-state index contributed by atoms with van der Waals surface area (Å²) in [5.74, 6) is 0.207. The molecular formula is C32H40Cl2N4O4. The number of piperazine rings is 1. The van der Waals surface area contributed by atoms with Gasteiger partial charge in [0.1, 0.15) is 5.60 Å². The lowest BCUT2D eigenvalue weighted by molar-refractivity contribution is -0.135. The molecule has 3 fully saturated rings. The fourth-order valence-corrected chi connectivity index (χ4v) is 6.93. The van der Waals surface area contributed by atoms with E-state index < -0.39 is 5.60 Å². The van der Waals surface area contributed by atoms with Gasteiger partial charge < -0.3 is 24.8 Å². The van der Waals surface area contributed by atoms with E-state index in [1.807, 2.05) is 73.6 Å². The van der Waals surface area contributed by atoms with Gasteiger partial charge in [-0.2, -0.15) is 0 Å². The Hall–Kier alpha value is -2.81. The zero-order valence-corrected chi connectivity index (χ0v) is 26.5.